The molecule has 0 radical (unpaired) electrons. The SMILES string of the molecule is COc1ccccc1-c1nnc(S[C@H](C)C(=O)c2ccc(C)cc2)n1C. The number of rotatable bonds is 6. The van der Waals surface area contributed by atoms with Crippen molar-refractivity contribution >= 4 is 17.5 Å². The minimum atomic E-state index is -0.258. The Morgan fingerprint density at radius 2 is 1.81 bits per heavy atom. The molecule has 6 heteroatoms. The molecule has 0 saturated heterocycles. The number of ketones is 1. The number of benzene rings is 2. The highest BCUT2D eigenvalue weighted by Gasteiger charge is 2.21. The number of methoxy groups -OCH3 is 1. The zero-order valence-corrected chi connectivity index (χ0v) is 16.1. The number of ether oxygens (including phenoxy) is 1. The fraction of sp³-hybridized carbons (Fsp3) is 0.250. The number of hydrogen-bond donors (Lipinski definition) is 0. The summed E-state index contributed by atoms with van der Waals surface area (Å²) in [7, 11) is 3.53. The van der Waals surface area contributed by atoms with E-state index < -0.39 is 0 Å². The van der Waals surface area contributed by atoms with Crippen molar-refractivity contribution in [2.45, 2.75) is 24.3 Å². The van der Waals surface area contributed by atoms with E-state index >= 15 is 0 Å². The van der Waals surface area contributed by atoms with Gasteiger partial charge in [0.05, 0.1) is 17.9 Å². The molecule has 2 aromatic carbocycles. The second-order valence-corrected chi connectivity index (χ2v) is 7.36. The summed E-state index contributed by atoms with van der Waals surface area (Å²) in [6.45, 7) is 3.90. The van der Waals surface area contributed by atoms with Crippen molar-refractivity contribution in [1.29, 1.82) is 0 Å². The first-order valence-electron chi connectivity index (χ1n) is 8.31. The van der Waals surface area contributed by atoms with Crippen LogP contribution in [0.2, 0.25) is 0 Å². The Balaban J connectivity index is 1.82. The maximum Gasteiger partial charge on any atom is 0.191 e. The summed E-state index contributed by atoms with van der Waals surface area (Å²) >= 11 is 1.41. The maximum absolute atomic E-state index is 12.7. The number of para-hydroxylation sites is 1. The molecule has 0 aliphatic heterocycles. The number of nitrogens with zero attached hydrogens (tertiary/aromatic N) is 3. The molecule has 0 aliphatic rings. The van der Waals surface area contributed by atoms with Crippen molar-refractivity contribution in [3.05, 3.63) is 59.7 Å². The summed E-state index contributed by atoms with van der Waals surface area (Å²) < 4.78 is 7.30. The van der Waals surface area contributed by atoms with Crippen LogP contribution in [0.3, 0.4) is 0 Å². The first kappa shape index (κ1) is 18.2. The summed E-state index contributed by atoms with van der Waals surface area (Å²) in [4.78, 5) is 12.7. The summed E-state index contributed by atoms with van der Waals surface area (Å²) in [6.07, 6.45) is 0. The zero-order valence-electron chi connectivity index (χ0n) is 15.3. The van der Waals surface area contributed by atoms with E-state index in [2.05, 4.69) is 10.2 Å². The molecule has 1 atom stereocenters. The third-order valence-corrected chi connectivity index (χ3v) is 5.30. The van der Waals surface area contributed by atoms with E-state index in [4.69, 9.17) is 4.74 Å². The molecule has 0 bridgehead atoms. The van der Waals surface area contributed by atoms with Gasteiger partial charge in [-0.05, 0) is 26.0 Å². The van der Waals surface area contributed by atoms with Crippen molar-refractivity contribution in [3.63, 3.8) is 0 Å². The van der Waals surface area contributed by atoms with Crippen LogP contribution in [-0.2, 0) is 7.05 Å². The molecule has 5 nitrogen and oxygen atoms in total. The van der Waals surface area contributed by atoms with Crippen LogP contribution < -0.4 is 4.74 Å². The highest BCUT2D eigenvalue weighted by Crippen LogP contribution is 2.31. The summed E-state index contributed by atoms with van der Waals surface area (Å²) in [6, 6.07) is 15.3. The van der Waals surface area contributed by atoms with E-state index in [1.165, 1.54) is 11.8 Å². The van der Waals surface area contributed by atoms with E-state index in [9.17, 15) is 4.79 Å². The number of carbonyl (C=O) groups is 1. The predicted molar refractivity (Wildman–Crippen MR) is 104 cm³/mol. The number of hydrogen-bond acceptors (Lipinski definition) is 5. The molecular weight excluding hydrogens is 346 g/mol. The Bertz CT molecular complexity index is 919. The van der Waals surface area contributed by atoms with Gasteiger partial charge < -0.3 is 9.30 Å². The van der Waals surface area contributed by atoms with Crippen molar-refractivity contribution in [1.82, 2.24) is 14.8 Å². The first-order valence-corrected chi connectivity index (χ1v) is 9.19. The zero-order chi connectivity index (χ0) is 18.7. The molecule has 1 aromatic heterocycles. The average Bonchev–Trinajstić information content (AvgIpc) is 3.02. The number of thioether (sulfide) groups is 1. The van der Waals surface area contributed by atoms with Crippen LogP contribution in [0.15, 0.2) is 53.7 Å². The smallest absolute Gasteiger partial charge is 0.191 e. The van der Waals surface area contributed by atoms with Crippen LogP contribution in [0.5, 0.6) is 5.75 Å². The Morgan fingerprint density at radius 1 is 1.12 bits per heavy atom. The Hall–Kier alpha value is -2.60. The standard InChI is InChI=1S/C20H21N3O2S/c1-13-9-11-15(12-10-13)18(24)14(2)26-20-22-21-19(23(20)3)16-7-5-6-8-17(16)25-4/h5-12,14H,1-4H3/t14-/m1/s1. The van der Waals surface area contributed by atoms with Gasteiger partial charge in [-0.3, -0.25) is 4.79 Å². The van der Waals surface area contributed by atoms with Gasteiger partial charge in [0.25, 0.3) is 0 Å². The van der Waals surface area contributed by atoms with Gasteiger partial charge in [-0.2, -0.15) is 0 Å². The Labute approximate surface area is 157 Å². The van der Waals surface area contributed by atoms with Gasteiger partial charge in [-0.25, -0.2) is 0 Å². The quantitative estimate of drug-likeness (QED) is 0.484. The third-order valence-electron chi connectivity index (χ3n) is 4.17. The van der Waals surface area contributed by atoms with E-state index in [-0.39, 0.29) is 11.0 Å². The molecule has 0 N–H and O–H groups in total. The van der Waals surface area contributed by atoms with Gasteiger partial charge in [-0.1, -0.05) is 53.7 Å². The molecule has 26 heavy (non-hydrogen) atoms. The fourth-order valence-electron chi connectivity index (χ4n) is 2.65. The van der Waals surface area contributed by atoms with Crippen LogP contribution >= 0.6 is 11.8 Å². The third kappa shape index (κ3) is 3.65. The minimum Gasteiger partial charge on any atom is -0.496 e. The molecule has 0 spiro atoms. The van der Waals surface area contributed by atoms with Crippen molar-refractivity contribution in [3.8, 4) is 17.1 Å². The fourth-order valence-corrected chi connectivity index (χ4v) is 3.54. The molecule has 3 rings (SSSR count). The molecule has 3 aromatic rings. The van der Waals surface area contributed by atoms with Crippen LogP contribution in [0.4, 0.5) is 0 Å². The largest absolute Gasteiger partial charge is 0.496 e. The lowest BCUT2D eigenvalue weighted by Crippen LogP contribution is -2.14. The predicted octanol–water partition coefficient (Wildman–Crippen LogP) is 4.16. The van der Waals surface area contributed by atoms with Crippen LogP contribution in [0, 0.1) is 6.92 Å². The van der Waals surface area contributed by atoms with Gasteiger partial charge in [0.15, 0.2) is 16.8 Å². The Kier molecular flexibility index (Phi) is 5.42. The lowest BCUT2D eigenvalue weighted by atomic mass is 10.1. The van der Waals surface area contributed by atoms with Crippen LogP contribution in [0.25, 0.3) is 11.4 Å². The minimum absolute atomic E-state index is 0.0804. The van der Waals surface area contributed by atoms with E-state index in [0.717, 1.165) is 16.9 Å². The maximum atomic E-state index is 12.7. The average molecular weight is 367 g/mol. The van der Waals surface area contributed by atoms with E-state index in [0.29, 0.717) is 16.5 Å². The van der Waals surface area contributed by atoms with Crippen LogP contribution in [0.1, 0.15) is 22.8 Å². The highest BCUT2D eigenvalue weighted by atomic mass is 32.2. The highest BCUT2D eigenvalue weighted by molar-refractivity contribution is 8.00. The van der Waals surface area contributed by atoms with Gasteiger partial charge in [0.1, 0.15) is 5.75 Å². The molecular formula is C20H21N3O2S. The lowest BCUT2D eigenvalue weighted by molar-refractivity contribution is 0.0994. The monoisotopic (exact) mass is 367 g/mol. The van der Waals surface area contributed by atoms with Crippen molar-refractivity contribution < 1.29 is 9.53 Å². The molecule has 0 aliphatic carbocycles. The number of aryl methyl sites for hydroxylation is 1. The van der Waals surface area contributed by atoms with Gasteiger partial charge in [0.2, 0.25) is 0 Å². The first-order chi connectivity index (χ1) is 12.5. The number of carbonyl (C=O) groups excluding carboxylic acids is 1. The number of aromatic nitrogens is 3. The number of Topliss-reactive ketones (excluding diaryl/α,β-unsaturated/α-hetero) is 1. The van der Waals surface area contributed by atoms with E-state index in [1.807, 2.05) is 74.0 Å². The molecule has 0 fully saturated rings. The summed E-state index contributed by atoms with van der Waals surface area (Å²) in [5, 5.41) is 8.99. The second-order valence-electron chi connectivity index (χ2n) is 6.06. The molecule has 0 saturated carbocycles. The van der Waals surface area contributed by atoms with Crippen molar-refractivity contribution in [2.24, 2.45) is 7.05 Å². The van der Waals surface area contributed by atoms with Crippen molar-refractivity contribution in [2.75, 3.05) is 7.11 Å². The Morgan fingerprint density at radius 3 is 2.50 bits per heavy atom. The van der Waals surface area contributed by atoms with E-state index in [1.54, 1.807) is 7.11 Å². The molecule has 1 heterocycles. The van der Waals surface area contributed by atoms with Crippen LogP contribution in [-0.4, -0.2) is 32.9 Å². The molecule has 0 amide bonds. The summed E-state index contributed by atoms with van der Waals surface area (Å²) in [5.41, 5.74) is 2.72. The van der Waals surface area contributed by atoms with Gasteiger partial charge in [0, 0.05) is 12.6 Å². The second kappa shape index (κ2) is 7.74. The lowest BCUT2D eigenvalue weighted by Gasteiger charge is -2.11. The van der Waals surface area contributed by atoms with Gasteiger partial charge >= 0.3 is 0 Å². The summed E-state index contributed by atoms with van der Waals surface area (Å²) in [5.74, 6) is 1.53. The molecule has 0 unspecified atom stereocenters. The van der Waals surface area contributed by atoms with Gasteiger partial charge in [-0.15, -0.1) is 10.2 Å². The topological polar surface area (TPSA) is 57.0 Å². The normalized spacial score (nSPS) is 12.0. The molecule has 134 valence electrons.